The maximum Gasteiger partial charge on any atom is 0.245 e. The summed E-state index contributed by atoms with van der Waals surface area (Å²) in [5.41, 5.74) is 1.29. The fraction of sp³-hybridized carbons (Fsp3) is 0.259. The van der Waals surface area contributed by atoms with E-state index in [1.807, 2.05) is 49.4 Å². The standard InChI is InChI=1S/C27H29N3O5S/c1-21-13-14-24(35-21)19-29(18-22-8-4-3-5-9-22)26(31)20-30(16-17-34-2)36(32,33)25-12-6-10-23-11-7-15-28-27(23)25/h3-15H,16-20H2,1-2H3. The van der Waals surface area contributed by atoms with Crippen LogP contribution < -0.4 is 0 Å². The fourth-order valence-electron chi connectivity index (χ4n) is 3.95. The summed E-state index contributed by atoms with van der Waals surface area (Å²) in [4.78, 5) is 19.5. The number of methoxy groups -OCH3 is 1. The van der Waals surface area contributed by atoms with Gasteiger partial charge in [0, 0.05) is 31.8 Å². The van der Waals surface area contributed by atoms with E-state index in [-0.39, 0.29) is 37.0 Å². The van der Waals surface area contributed by atoms with Crippen molar-refractivity contribution in [2.45, 2.75) is 24.9 Å². The second kappa shape index (κ2) is 11.5. The van der Waals surface area contributed by atoms with Crippen LogP contribution in [0.2, 0.25) is 0 Å². The summed E-state index contributed by atoms with van der Waals surface area (Å²) in [5, 5.41) is 0.704. The van der Waals surface area contributed by atoms with Gasteiger partial charge >= 0.3 is 0 Å². The molecule has 0 aliphatic rings. The SMILES string of the molecule is COCCN(CC(=O)N(Cc1ccccc1)Cc1ccc(C)o1)S(=O)(=O)c1cccc2cccnc12. The summed E-state index contributed by atoms with van der Waals surface area (Å²) < 4.78 is 39.6. The number of rotatable bonds is 11. The van der Waals surface area contributed by atoms with E-state index in [0.29, 0.717) is 23.2 Å². The monoisotopic (exact) mass is 507 g/mol. The van der Waals surface area contributed by atoms with E-state index in [0.717, 1.165) is 15.6 Å². The number of hydrogen-bond acceptors (Lipinski definition) is 6. The Balaban J connectivity index is 1.64. The quantitative estimate of drug-likeness (QED) is 0.305. The van der Waals surface area contributed by atoms with Crippen LogP contribution in [0, 0.1) is 6.92 Å². The maximum atomic E-state index is 13.8. The Morgan fingerprint density at radius 1 is 0.972 bits per heavy atom. The molecule has 2 heterocycles. The Morgan fingerprint density at radius 2 is 1.75 bits per heavy atom. The van der Waals surface area contributed by atoms with Crippen molar-refractivity contribution < 1.29 is 22.4 Å². The number of benzene rings is 2. The number of nitrogens with zero attached hydrogens (tertiary/aromatic N) is 3. The van der Waals surface area contributed by atoms with Crippen molar-refractivity contribution in [2.75, 3.05) is 26.8 Å². The van der Waals surface area contributed by atoms with Gasteiger partial charge in [-0.3, -0.25) is 9.78 Å². The Bertz CT molecular complexity index is 1410. The number of fused-ring (bicyclic) bond motifs is 1. The maximum absolute atomic E-state index is 13.8. The molecule has 1 amide bonds. The van der Waals surface area contributed by atoms with E-state index >= 15 is 0 Å². The fourth-order valence-corrected chi connectivity index (χ4v) is 5.48. The first-order valence-corrected chi connectivity index (χ1v) is 13.0. The molecule has 9 heteroatoms. The summed E-state index contributed by atoms with van der Waals surface area (Å²) >= 11 is 0. The number of sulfonamides is 1. The summed E-state index contributed by atoms with van der Waals surface area (Å²) in [6.45, 7) is 2.18. The van der Waals surface area contributed by atoms with Crippen molar-refractivity contribution in [1.29, 1.82) is 0 Å². The lowest BCUT2D eigenvalue weighted by Crippen LogP contribution is -2.43. The molecule has 0 saturated heterocycles. The summed E-state index contributed by atoms with van der Waals surface area (Å²) in [6.07, 6.45) is 1.55. The molecule has 36 heavy (non-hydrogen) atoms. The average Bonchev–Trinajstić information content (AvgIpc) is 3.30. The van der Waals surface area contributed by atoms with E-state index in [1.54, 1.807) is 35.4 Å². The van der Waals surface area contributed by atoms with E-state index in [9.17, 15) is 13.2 Å². The van der Waals surface area contributed by atoms with Crippen molar-refractivity contribution in [3.05, 3.63) is 96.1 Å². The van der Waals surface area contributed by atoms with Gasteiger partial charge in [0.05, 0.1) is 25.2 Å². The second-order valence-corrected chi connectivity index (χ2v) is 10.3. The van der Waals surface area contributed by atoms with Crippen LogP contribution in [-0.2, 0) is 32.6 Å². The molecular formula is C27H29N3O5S. The highest BCUT2D eigenvalue weighted by Crippen LogP contribution is 2.24. The predicted octanol–water partition coefficient (Wildman–Crippen LogP) is 4.00. The number of ether oxygens (including phenoxy) is 1. The van der Waals surface area contributed by atoms with Gasteiger partial charge in [-0.25, -0.2) is 8.42 Å². The number of aromatic nitrogens is 1. The van der Waals surface area contributed by atoms with Crippen molar-refractivity contribution in [1.82, 2.24) is 14.2 Å². The lowest BCUT2D eigenvalue weighted by molar-refractivity contribution is -0.133. The van der Waals surface area contributed by atoms with E-state index in [4.69, 9.17) is 9.15 Å². The van der Waals surface area contributed by atoms with Gasteiger partial charge in [-0.15, -0.1) is 0 Å². The Kier molecular flexibility index (Phi) is 8.14. The molecule has 0 bridgehead atoms. The van der Waals surface area contributed by atoms with Gasteiger partial charge in [0.25, 0.3) is 0 Å². The molecule has 0 N–H and O–H groups in total. The molecule has 4 rings (SSSR count). The predicted molar refractivity (Wildman–Crippen MR) is 137 cm³/mol. The van der Waals surface area contributed by atoms with E-state index < -0.39 is 10.0 Å². The van der Waals surface area contributed by atoms with Crippen LogP contribution in [0.15, 0.2) is 88.3 Å². The average molecular weight is 508 g/mol. The number of furan rings is 1. The number of aryl methyl sites for hydroxylation is 1. The van der Waals surface area contributed by atoms with Crippen molar-refractivity contribution in [3.8, 4) is 0 Å². The van der Waals surface area contributed by atoms with Crippen molar-refractivity contribution in [2.24, 2.45) is 0 Å². The van der Waals surface area contributed by atoms with Gasteiger partial charge in [-0.1, -0.05) is 48.5 Å². The Hall–Kier alpha value is -3.53. The minimum Gasteiger partial charge on any atom is -0.464 e. The highest BCUT2D eigenvalue weighted by Gasteiger charge is 2.30. The van der Waals surface area contributed by atoms with Crippen molar-refractivity contribution >= 4 is 26.8 Å². The molecule has 4 aromatic rings. The molecule has 0 spiro atoms. The highest BCUT2D eigenvalue weighted by molar-refractivity contribution is 7.89. The Morgan fingerprint density at radius 3 is 2.47 bits per heavy atom. The van der Waals surface area contributed by atoms with Crippen LogP contribution >= 0.6 is 0 Å². The van der Waals surface area contributed by atoms with Gasteiger partial charge in [-0.05, 0) is 36.8 Å². The summed E-state index contributed by atoms with van der Waals surface area (Å²) in [7, 11) is -2.56. The third kappa shape index (κ3) is 5.99. The molecule has 0 fully saturated rings. The van der Waals surface area contributed by atoms with Gasteiger partial charge in [-0.2, -0.15) is 4.31 Å². The molecule has 0 aliphatic heterocycles. The molecule has 2 aromatic carbocycles. The first kappa shape index (κ1) is 25.6. The minimum atomic E-state index is -4.05. The van der Waals surface area contributed by atoms with E-state index in [1.165, 1.54) is 13.2 Å². The number of para-hydroxylation sites is 1. The minimum absolute atomic E-state index is 0.0207. The summed E-state index contributed by atoms with van der Waals surface area (Å²) in [6, 6.07) is 21.8. The number of carbonyl (C=O) groups is 1. The number of carbonyl (C=O) groups excluding carboxylic acids is 1. The zero-order chi connectivity index (χ0) is 25.5. The number of amides is 1. The zero-order valence-corrected chi connectivity index (χ0v) is 21.1. The number of pyridine rings is 1. The normalized spacial score (nSPS) is 11.8. The lowest BCUT2D eigenvalue weighted by Gasteiger charge is -2.27. The van der Waals surface area contributed by atoms with Crippen LogP contribution in [0.4, 0.5) is 0 Å². The van der Waals surface area contributed by atoms with Crippen LogP contribution in [0.1, 0.15) is 17.1 Å². The summed E-state index contributed by atoms with van der Waals surface area (Å²) in [5.74, 6) is 1.02. The third-order valence-corrected chi connectivity index (χ3v) is 7.66. The van der Waals surface area contributed by atoms with Gasteiger partial charge in [0.15, 0.2) is 0 Å². The molecule has 0 atom stereocenters. The number of hydrogen-bond donors (Lipinski definition) is 0. The molecule has 0 aliphatic carbocycles. The molecule has 0 saturated carbocycles. The van der Waals surface area contributed by atoms with Gasteiger partial charge in [0.1, 0.15) is 16.4 Å². The molecule has 8 nitrogen and oxygen atoms in total. The highest BCUT2D eigenvalue weighted by atomic mass is 32.2. The van der Waals surface area contributed by atoms with Crippen LogP contribution in [0.3, 0.4) is 0 Å². The molecule has 2 aromatic heterocycles. The molecule has 188 valence electrons. The van der Waals surface area contributed by atoms with Crippen molar-refractivity contribution in [3.63, 3.8) is 0 Å². The van der Waals surface area contributed by atoms with Crippen LogP contribution in [-0.4, -0.2) is 55.3 Å². The largest absolute Gasteiger partial charge is 0.464 e. The van der Waals surface area contributed by atoms with Gasteiger partial charge < -0.3 is 14.1 Å². The first-order chi connectivity index (χ1) is 17.4. The Labute approximate surface area is 211 Å². The molecule has 0 radical (unpaired) electrons. The topological polar surface area (TPSA) is 93.0 Å². The third-order valence-electron chi connectivity index (χ3n) is 5.78. The van der Waals surface area contributed by atoms with Crippen LogP contribution in [0.25, 0.3) is 10.9 Å². The molecule has 0 unspecified atom stereocenters. The first-order valence-electron chi connectivity index (χ1n) is 11.6. The smallest absolute Gasteiger partial charge is 0.245 e. The van der Waals surface area contributed by atoms with E-state index in [2.05, 4.69) is 4.98 Å². The van der Waals surface area contributed by atoms with Gasteiger partial charge in [0.2, 0.25) is 15.9 Å². The molecular weight excluding hydrogens is 478 g/mol. The second-order valence-electron chi connectivity index (χ2n) is 8.41. The zero-order valence-electron chi connectivity index (χ0n) is 20.3. The van der Waals surface area contributed by atoms with Crippen LogP contribution in [0.5, 0.6) is 0 Å². The lowest BCUT2D eigenvalue weighted by atomic mass is 10.2.